The Morgan fingerprint density at radius 1 is 0.952 bits per heavy atom. The second-order valence-electron chi connectivity index (χ2n) is 11.7. The summed E-state index contributed by atoms with van der Waals surface area (Å²) in [6.07, 6.45) is 11.9. The number of hydrogen-bond donors (Lipinski definition) is 2. The quantitative estimate of drug-likeness (QED) is 0.204. The molecule has 0 fully saturated rings. The molecule has 2 aromatic carbocycles. The van der Waals surface area contributed by atoms with E-state index < -0.39 is 25.7 Å². The molecule has 0 spiro atoms. The summed E-state index contributed by atoms with van der Waals surface area (Å²) in [6, 6.07) is 12.6. The maximum atomic E-state index is 11.7. The number of anilines is 1. The highest BCUT2D eigenvalue weighted by Gasteiger charge is 2.44. The average molecular weight is 612 g/mol. The molecule has 0 aliphatic carbocycles. The van der Waals surface area contributed by atoms with E-state index in [1.165, 1.54) is 6.07 Å². The predicted molar refractivity (Wildman–Crippen MR) is 168 cm³/mol. The highest BCUT2D eigenvalue weighted by atomic mass is 32.2. The molecule has 2 N–H and O–H groups in total. The summed E-state index contributed by atoms with van der Waals surface area (Å²) in [6.45, 7) is 13.1. The molecule has 2 aliphatic rings. The van der Waals surface area contributed by atoms with Crippen LogP contribution in [0.1, 0.15) is 52.7 Å². The average Bonchev–Trinajstić information content (AvgIpc) is 3.25. The molecule has 2 aliphatic heterocycles. The number of fused-ring (bicyclic) bond motifs is 2. The van der Waals surface area contributed by atoms with Crippen LogP contribution in [0.2, 0.25) is 0 Å². The van der Waals surface area contributed by atoms with Gasteiger partial charge in [-0.05, 0) is 57.5 Å². The molecule has 0 unspecified atom stereocenters. The van der Waals surface area contributed by atoms with E-state index in [-0.39, 0.29) is 22.6 Å². The van der Waals surface area contributed by atoms with E-state index in [4.69, 9.17) is 0 Å². The van der Waals surface area contributed by atoms with Crippen LogP contribution in [0.3, 0.4) is 0 Å². The highest BCUT2D eigenvalue weighted by molar-refractivity contribution is 7.86. The van der Waals surface area contributed by atoms with Gasteiger partial charge in [-0.2, -0.15) is 21.4 Å². The lowest BCUT2D eigenvalue weighted by atomic mass is 9.81. The summed E-state index contributed by atoms with van der Waals surface area (Å²) in [5.41, 5.74) is 5.91. The zero-order valence-electron chi connectivity index (χ0n) is 24.9. The van der Waals surface area contributed by atoms with Crippen molar-refractivity contribution < 1.29 is 30.5 Å². The van der Waals surface area contributed by atoms with Gasteiger partial charge in [-0.1, -0.05) is 61.9 Å². The molecule has 0 amide bonds. The van der Waals surface area contributed by atoms with Gasteiger partial charge in [0.25, 0.3) is 20.2 Å². The topological polar surface area (TPSA) is 115 Å². The number of hydrogen-bond acceptors (Lipinski definition) is 5. The zero-order valence-corrected chi connectivity index (χ0v) is 26.5. The maximum absolute atomic E-state index is 11.7. The third-order valence-electron chi connectivity index (χ3n) is 8.08. The first kappa shape index (κ1) is 31.6. The van der Waals surface area contributed by atoms with Crippen LogP contribution in [0.4, 0.5) is 11.4 Å². The van der Waals surface area contributed by atoms with Gasteiger partial charge in [-0.25, -0.2) is 0 Å². The lowest BCUT2D eigenvalue weighted by molar-refractivity contribution is -0.432. The van der Waals surface area contributed by atoms with Crippen LogP contribution in [0, 0.1) is 0 Å². The van der Waals surface area contributed by atoms with Crippen molar-refractivity contribution in [3.63, 3.8) is 0 Å². The predicted octanol–water partition coefficient (Wildman–Crippen LogP) is 5.96. The van der Waals surface area contributed by atoms with E-state index in [0.717, 1.165) is 39.5 Å². The molecular formula is C32H39N2O6S2+. The molecule has 10 heteroatoms. The smallest absolute Gasteiger partial charge is 0.294 e. The van der Waals surface area contributed by atoms with Crippen molar-refractivity contribution in [1.29, 1.82) is 0 Å². The molecule has 0 saturated carbocycles. The molecule has 2 heterocycles. The first-order valence-electron chi connectivity index (χ1n) is 13.8. The Kier molecular flexibility index (Phi) is 8.59. The van der Waals surface area contributed by atoms with Crippen molar-refractivity contribution in [2.75, 3.05) is 23.7 Å². The Labute approximate surface area is 249 Å². The van der Waals surface area contributed by atoms with E-state index in [1.54, 1.807) is 12.1 Å². The third-order valence-corrected chi connectivity index (χ3v) is 9.62. The van der Waals surface area contributed by atoms with Gasteiger partial charge in [0.15, 0.2) is 12.3 Å². The van der Waals surface area contributed by atoms with Crippen molar-refractivity contribution >= 4 is 37.3 Å². The Morgan fingerprint density at radius 2 is 1.64 bits per heavy atom. The summed E-state index contributed by atoms with van der Waals surface area (Å²) in [5, 5.41) is 0. The molecule has 0 radical (unpaired) electrons. The Hall–Kier alpha value is -3.31. The molecule has 0 atom stereocenters. The van der Waals surface area contributed by atoms with E-state index in [2.05, 4.69) is 18.7 Å². The van der Waals surface area contributed by atoms with Crippen LogP contribution in [-0.4, -0.2) is 55.1 Å². The minimum atomic E-state index is -4.30. The molecule has 8 nitrogen and oxygen atoms in total. The summed E-state index contributed by atoms with van der Waals surface area (Å²) in [5.74, 6) is -0.368. The SMILES string of the molecule is CCN1/C(=C/C=C/C(C)=C/C=C/C2=[N+](CCS(=O)(=O)O)c3ccccc3C2(C)C)C(C)(C)c2cc(S(=O)(=O)O)ccc21. The van der Waals surface area contributed by atoms with Gasteiger partial charge in [0.2, 0.25) is 5.69 Å². The second kappa shape index (κ2) is 11.4. The van der Waals surface area contributed by atoms with Gasteiger partial charge in [-0.15, -0.1) is 0 Å². The van der Waals surface area contributed by atoms with Crippen LogP contribution in [0.15, 0.2) is 95.1 Å². The Balaban J connectivity index is 1.60. The van der Waals surface area contributed by atoms with Crippen LogP contribution in [0.5, 0.6) is 0 Å². The summed E-state index contributed by atoms with van der Waals surface area (Å²) < 4.78 is 67.4. The fourth-order valence-corrected chi connectivity index (χ4v) is 6.80. The molecule has 0 aromatic heterocycles. The highest BCUT2D eigenvalue weighted by Crippen LogP contribution is 2.48. The van der Waals surface area contributed by atoms with Crippen molar-refractivity contribution in [3.05, 3.63) is 101 Å². The Bertz CT molecular complexity index is 1780. The monoisotopic (exact) mass is 611 g/mol. The molecule has 2 aromatic rings. The van der Waals surface area contributed by atoms with Gasteiger partial charge in [-0.3, -0.25) is 9.11 Å². The van der Waals surface area contributed by atoms with Crippen molar-refractivity contribution in [2.24, 2.45) is 0 Å². The third kappa shape index (κ3) is 6.22. The largest absolute Gasteiger partial charge is 0.344 e. The lowest BCUT2D eigenvalue weighted by Crippen LogP contribution is -2.29. The fraction of sp³-hybridized carbons (Fsp3) is 0.344. The normalized spacial score (nSPS) is 19.4. The number of benzene rings is 2. The molecule has 224 valence electrons. The fourth-order valence-electron chi connectivity index (χ4n) is 5.88. The molecule has 0 bridgehead atoms. The van der Waals surface area contributed by atoms with Crippen molar-refractivity contribution in [3.8, 4) is 0 Å². The van der Waals surface area contributed by atoms with Crippen LogP contribution >= 0.6 is 0 Å². The van der Waals surface area contributed by atoms with Crippen LogP contribution in [0.25, 0.3) is 0 Å². The second-order valence-corrected chi connectivity index (χ2v) is 14.7. The summed E-state index contributed by atoms with van der Waals surface area (Å²) in [4.78, 5) is 2.03. The number of para-hydroxylation sites is 1. The minimum Gasteiger partial charge on any atom is -0.344 e. The first-order chi connectivity index (χ1) is 19.5. The van der Waals surface area contributed by atoms with E-state index in [0.29, 0.717) is 6.54 Å². The summed E-state index contributed by atoms with van der Waals surface area (Å²) >= 11 is 0. The number of likely N-dealkylation sites (N-methyl/N-ethyl adjacent to an activating group) is 1. The lowest BCUT2D eigenvalue weighted by Gasteiger charge is -2.25. The molecule has 0 saturated heterocycles. The van der Waals surface area contributed by atoms with Gasteiger partial charge in [0.05, 0.1) is 10.3 Å². The molecular weight excluding hydrogens is 572 g/mol. The van der Waals surface area contributed by atoms with Gasteiger partial charge in [0.1, 0.15) is 5.75 Å². The van der Waals surface area contributed by atoms with Gasteiger partial charge < -0.3 is 4.90 Å². The first-order valence-corrected chi connectivity index (χ1v) is 16.9. The number of rotatable bonds is 9. The standard InChI is InChI=1S/C32H38N2O6S2/c1-7-33-28-19-18-24(42(38,39)40)22-26(28)32(5,6)29(33)16-10-12-23(2)13-11-17-30-31(3,4)25-14-8-9-15-27(25)34(30)20-21-41(35,36)37/h8-19,22H,7,20-21H2,1-6H3,(H-,35,36,37,38,39,40)/p+1. The van der Waals surface area contributed by atoms with E-state index in [1.807, 2.05) is 93.0 Å². The van der Waals surface area contributed by atoms with Crippen LogP contribution < -0.4 is 4.90 Å². The van der Waals surface area contributed by atoms with Crippen molar-refractivity contribution in [2.45, 2.75) is 57.3 Å². The zero-order chi connectivity index (χ0) is 31.1. The van der Waals surface area contributed by atoms with Gasteiger partial charge >= 0.3 is 0 Å². The molecule has 42 heavy (non-hydrogen) atoms. The number of allylic oxidation sites excluding steroid dienone is 8. The van der Waals surface area contributed by atoms with E-state index >= 15 is 0 Å². The molecule has 4 rings (SSSR count). The number of nitrogens with zero attached hydrogens (tertiary/aromatic N) is 2. The van der Waals surface area contributed by atoms with Crippen LogP contribution in [-0.2, 0) is 31.1 Å². The van der Waals surface area contributed by atoms with E-state index in [9.17, 15) is 25.9 Å². The Morgan fingerprint density at radius 3 is 2.29 bits per heavy atom. The van der Waals surface area contributed by atoms with Crippen molar-refractivity contribution in [1.82, 2.24) is 0 Å². The van der Waals surface area contributed by atoms with Gasteiger partial charge in [0, 0.05) is 41.1 Å². The minimum absolute atomic E-state index is 0.115. The maximum Gasteiger partial charge on any atom is 0.294 e. The summed E-state index contributed by atoms with van der Waals surface area (Å²) in [7, 11) is -8.42.